The summed E-state index contributed by atoms with van der Waals surface area (Å²) in [4.78, 5) is 27.3. The van der Waals surface area contributed by atoms with Crippen molar-refractivity contribution in [2.45, 2.75) is 39.2 Å². The number of nitrogens with one attached hydrogen (secondary N) is 1. The number of carbonyl (C=O) groups is 2. The van der Waals surface area contributed by atoms with E-state index in [1.165, 1.54) is 5.56 Å². The van der Waals surface area contributed by atoms with Gasteiger partial charge in [0.2, 0.25) is 5.91 Å². The van der Waals surface area contributed by atoms with E-state index in [9.17, 15) is 9.59 Å². The van der Waals surface area contributed by atoms with Crippen molar-refractivity contribution in [3.05, 3.63) is 70.8 Å². The van der Waals surface area contributed by atoms with E-state index in [4.69, 9.17) is 0 Å². The van der Waals surface area contributed by atoms with Gasteiger partial charge in [-0.3, -0.25) is 9.59 Å². The average Bonchev–Trinajstić information content (AvgIpc) is 2.61. The lowest BCUT2D eigenvalue weighted by atomic mass is 9.86. The zero-order chi connectivity index (χ0) is 18.9. The molecule has 136 valence electrons. The molecule has 0 aliphatic carbocycles. The Labute approximate surface area is 155 Å². The molecule has 1 atom stereocenters. The van der Waals surface area contributed by atoms with Crippen LogP contribution in [0.5, 0.6) is 0 Å². The lowest BCUT2D eigenvalue weighted by Gasteiger charge is -2.35. The standard InChI is InChI=1S/C22H26N2O2/c1-15-5-7-16(8-6-15)19-20(25)23-13-14-24(19)21(26)17-9-11-18(12-10-17)22(2,3)4/h5-12,19H,13-14H2,1-4H3,(H,23,25). The molecule has 0 radical (unpaired) electrons. The van der Waals surface area contributed by atoms with Gasteiger partial charge in [0.15, 0.2) is 0 Å². The molecule has 0 spiro atoms. The van der Waals surface area contributed by atoms with Gasteiger partial charge in [-0.15, -0.1) is 0 Å². The molecule has 1 aliphatic heterocycles. The molecule has 26 heavy (non-hydrogen) atoms. The fraction of sp³-hybridized carbons (Fsp3) is 0.364. The normalized spacial score (nSPS) is 17.8. The first kappa shape index (κ1) is 18.2. The highest BCUT2D eigenvalue weighted by atomic mass is 16.2. The highest BCUT2D eigenvalue weighted by Crippen LogP contribution is 2.27. The summed E-state index contributed by atoms with van der Waals surface area (Å²) in [6, 6.07) is 14.9. The Balaban J connectivity index is 1.90. The van der Waals surface area contributed by atoms with Gasteiger partial charge < -0.3 is 10.2 Å². The average molecular weight is 350 g/mol. The van der Waals surface area contributed by atoms with E-state index >= 15 is 0 Å². The molecule has 4 nitrogen and oxygen atoms in total. The maximum Gasteiger partial charge on any atom is 0.254 e. The molecule has 1 saturated heterocycles. The highest BCUT2D eigenvalue weighted by molar-refractivity contribution is 5.98. The largest absolute Gasteiger partial charge is 0.352 e. The van der Waals surface area contributed by atoms with Crippen LogP contribution in [0.25, 0.3) is 0 Å². The summed E-state index contributed by atoms with van der Waals surface area (Å²) in [6.07, 6.45) is 0. The van der Waals surface area contributed by atoms with Crippen molar-refractivity contribution in [3.63, 3.8) is 0 Å². The van der Waals surface area contributed by atoms with Crippen LogP contribution < -0.4 is 5.32 Å². The molecule has 0 bridgehead atoms. The van der Waals surface area contributed by atoms with Gasteiger partial charge in [-0.25, -0.2) is 0 Å². The van der Waals surface area contributed by atoms with E-state index in [-0.39, 0.29) is 17.2 Å². The van der Waals surface area contributed by atoms with E-state index in [2.05, 4.69) is 26.1 Å². The number of hydrogen-bond donors (Lipinski definition) is 1. The Bertz CT molecular complexity index is 802. The molecule has 1 aliphatic rings. The third-order valence-electron chi connectivity index (χ3n) is 4.86. The third kappa shape index (κ3) is 3.64. The van der Waals surface area contributed by atoms with Gasteiger partial charge in [-0.05, 0) is 35.6 Å². The summed E-state index contributed by atoms with van der Waals surface area (Å²) in [5.74, 6) is -0.231. The number of aryl methyl sites for hydroxylation is 1. The second kappa shape index (κ2) is 6.94. The Morgan fingerprint density at radius 1 is 1.04 bits per heavy atom. The van der Waals surface area contributed by atoms with Gasteiger partial charge in [0.05, 0.1) is 0 Å². The molecule has 2 aromatic rings. The Kier molecular flexibility index (Phi) is 4.86. The van der Waals surface area contributed by atoms with Crippen LogP contribution >= 0.6 is 0 Å². The molecule has 1 fully saturated rings. The topological polar surface area (TPSA) is 49.4 Å². The van der Waals surface area contributed by atoms with Crippen LogP contribution in [0.3, 0.4) is 0 Å². The van der Waals surface area contributed by atoms with Crippen molar-refractivity contribution >= 4 is 11.8 Å². The zero-order valence-electron chi connectivity index (χ0n) is 15.9. The maximum atomic E-state index is 13.1. The number of nitrogens with zero attached hydrogens (tertiary/aromatic N) is 1. The van der Waals surface area contributed by atoms with Crippen LogP contribution in [-0.2, 0) is 10.2 Å². The van der Waals surface area contributed by atoms with Crippen molar-refractivity contribution in [1.82, 2.24) is 10.2 Å². The molecule has 0 saturated carbocycles. The van der Waals surface area contributed by atoms with Gasteiger partial charge in [0.1, 0.15) is 6.04 Å². The monoisotopic (exact) mass is 350 g/mol. The summed E-state index contributed by atoms with van der Waals surface area (Å²) in [5, 5.41) is 2.88. The number of hydrogen-bond acceptors (Lipinski definition) is 2. The second-order valence-corrected chi connectivity index (χ2v) is 7.93. The molecule has 2 amide bonds. The minimum Gasteiger partial charge on any atom is -0.352 e. The van der Waals surface area contributed by atoms with Crippen molar-refractivity contribution in [3.8, 4) is 0 Å². The van der Waals surface area contributed by atoms with Gasteiger partial charge in [0.25, 0.3) is 5.91 Å². The number of piperazine rings is 1. The van der Waals surface area contributed by atoms with Gasteiger partial charge in [0, 0.05) is 18.7 Å². The van der Waals surface area contributed by atoms with Crippen molar-refractivity contribution < 1.29 is 9.59 Å². The molecule has 4 heteroatoms. The Morgan fingerprint density at radius 2 is 1.65 bits per heavy atom. The van der Waals surface area contributed by atoms with Crippen LogP contribution in [0.1, 0.15) is 53.9 Å². The first-order valence-corrected chi connectivity index (χ1v) is 9.03. The summed E-state index contributed by atoms with van der Waals surface area (Å²) < 4.78 is 0. The second-order valence-electron chi connectivity index (χ2n) is 7.93. The van der Waals surface area contributed by atoms with Crippen LogP contribution in [0.15, 0.2) is 48.5 Å². The lowest BCUT2D eigenvalue weighted by molar-refractivity contribution is -0.128. The SMILES string of the molecule is Cc1ccc(C2C(=O)NCCN2C(=O)c2ccc(C(C)(C)C)cc2)cc1. The summed E-state index contributed by atoms with van der Waals surface area (Å²) >= 11 is 0. The fourth-order valence-electron chi connectivity index (χ4n) is 3.24. The molecular weight excluding hydrogens is 324 g/mol. The van der Waals surface area contributed by atoms with Crippen LogP contribution in [0.4, 0.5) is 0 Å². The summed E-state index contributed by atoms with van der Waals surface area (Å²) in [5.41, 5.74) is 3.80. The summed E-state index contributed by atoms with van der Waals surface area (Å²) in [7, 11) is 0. The zero-order valence-corrected chi connectivity index (χ0v) is 15.9. The first-order chi connectivity index (χ1) is 12.3. The number of benzene rings is 2. The van der Waals surface area contributed by atoms with E-state index in [1.807, 2.05) is 55.5 Å². The fourth-order valence-corrected chi connectivity index (χ4v) is 3.24. The summed E-state index contributed by atoms with van der Waals surface area (Å²) in [6.45, 7) is 9.42. The molecule has 1 N–H and O–H groups in total. The molecule has 2 aromatic carbocycles. The smallest absolute Gasteiger partial charge is 0.254 e. The highest BCUT2D eigenvalue weighted by Gasteiger charge is 2.34. The minimum atomic E-state index is -0.584. The lowest BCUT2D eigenvalue weighted by Crippen LogP contribution is -2.52. The molecule has 1 unspecified atom stereocenters. The minimum absolute atomic E-state index is 0.0387. The van der Waals surface area contributed by atoms with Crippen LogP contribution in [-0.4, -0.2) is 29.8 Å². The first-order valence-electron chi connectivity index (χ1n) is 9.03. The molecule has 0 aromatic heterocycles. The molecule has 1 heterocycles. The quantitative estimate of drug-likeness (QED) is 0.899. The van der Waals surface area contributed by atoms with Gasteiger partial charge >= 0.3 is 0 Å². The number of amides is 2. The van der Waals surface area contributed by atoms with Crippen molar-refractivity contribution in [1.29, 1.82) is 0 Å². The van der Waals surface area contributed by atoms with Crippen molar-refractivity contribution in [2.24, 2.45) is 0 Å². The predicted molar refractivity (Wildman–Crippen MR) is 103 cm³/mol. The number of carbonyl (C=O) groups excluding carboxylic acids is 2. The van der Waals surface area contributed by atoms with Gasteiger partial charge in [-0.2, -0.15) is 0 Å². The Hall–Kier alpha value is -2.62. The maximum absolute atomic E-state index is 13.1. The van der Waals surface area contributed by atoms with Crippen LogP contribution in [0.2, 0.25) is 0 Å². The van der Waals surface area contributed by atoms with E-state index < -0.39 is 6.04 Å². The van der Waals surface area contributed by atoms with E-state index in [0.29, 0.717) is 18.7 Å². The third-order valence-corrected chi connectivity index (χ3v) is 4.86. The van der Waals surface area contributed by atoms with Crippen molar-refractivity contribution in [2.75, 3.05) is 13.1 Å². The predicted octanol–water partition coefficient (Wildman–Crippen LogP) is 3.61. The van der Waals surface area contributed by atoms with Gasteiger partial charge in [-0.1, -0.05) is 62.7 Å². The molecular formula is C22H26N2O2. The number of rotatable bonds is 2. The van der Waals surface area contributed by atoms with E-state index in [0.717, 1.165) is 11.1 Å². The Morgan fingerprint density at radius 3 is 2.23 bits per heavy atom. The van der Waals surface area contributed by atoms with E-state index in [1.54, 1.807) is 4.90 Å². The molecule has 3 rings (SSSR count). The van der Waals surface area contributed by atoms with Crippen LogP contribution in [0, 0.1) is 6.92 Å².